The third kappa shape index (κ3) is 3.60. The Bertz CT molecular complexity index is 910. The Kier molecular flexibility index (Phi) is 5.21. The van der Waals surface area contributed by atoms with Crippen LogP contribution in [0.1, 0.15) is 28.6 Å². The third-order valence-electron chi connectivity index (χ3n) is 3.76. The zero-order valence-corrected chi connectivity index (χ0v) is 15.3. The molecular formula is C19H16Cl2O4. The molecule has 130 valence electrons. The van der Waals surface area contributed by atoms with Gasteiger partial charge in [-0.05, 0) is 44.2 Å². The van der Waals surface area contributed by atoms with Crippen LogP contribution in [0.15, 0.2) is 40.8 Å². The van der Waals surface area contributed by atoms with E-state index in [4.69, 9.17) is 37.1 Å². The summed E-state index contributed by atoms with van der Waals surface area (Å²) in [7, 11) is 0. The number of carbonyl (C=O) groups is 1. The summed E-state index contributed by atoms with van der Waals surface area (Å²) in [4.78, 5) is 12.2. The molecule has 0 fully saturated rings. The highest BCUT2D eigenvalue weighted by Gasteiger charge is 2.20. The molecule has 3 aromatic rings. The maximum atomic E-state index is 12.2. The number of fused-ring (bicyclic) bond motifs is 1. The van der Waals surface area contributed by atoms with Crippen molar-refractivity contribution in [3.8, 4) is 5.75 Å². The number of ether oxygens (including phenoxy) is 2. The van der Waals surface area contributed by atoms with Gasteiger partial charge in [0.15, 0.2) is 0 Å². The van der Waals surface area contributed by atoms with Gasteiger partial charge in [-0.1, -0.05) is 29.3 Å². The molecule has 0 aliphatic rings. The number of aryl methyl sites for hydroxylation is 1. The quantitative estimate of drug-likeness (QED) is 0.526. The van der Waals surface area contributed by atoms with E-state index < -0.39 is 5.97 Å². The van der Waals surface area contributed by atoms with E-state index in [1.165, 1.54) is 0 Å². The van der Waals surface area contributed by atoms with Gasteiger partial charge in [0.2, 0.25) is 0 Å². The summed E-state index contributed by atoms with van der Waals surface area (Å²) >= 11 is 12.3. The molecule has 0 aliphatic heterocycles. The van der Waals surface area contributed by atoms with E-state index in [-0.39, 0.29) is 6.61 Å². The minimum atomic E-state index is -0.412. The Morgan fingerprint density at radius 3 is 2.56 bits per heavy atom. The molecule has 0 amide bonds. The van der Waals surface area contributed by atoms with Crippen molar-refractivity contribution in [2.45, 2.75) is 20.5 Å². The first-order chi connectivity index (χ1) is 12.0. The van der Waals surface area contributed by atoms with E-state index in [1.54, 1.807) is 50.2 Å². The second kappa shape index (κ2) is 7.38. The molecular weight excluding hydrogens is 363 g/mol. The summed E-state index contributed by atoms with van der Waals surface area (Å²) in [6, 6.07) is 10.6. The smallest absolute Gasteiger partial charge is 0.342 e. The molecule has 0 atom stereocenters. The molecule has 0 unspecified atom stereocenters. The first-order valence-corrected chi connectivity index (χ1v) is 8.52. The summed E-state index contributed by atoms with van der Waals surface area (Å²) in [6.07, 6.45) is 0. The van der Waals surface area contributed by atoms with Crippen molar-refractivity contribution >= 4 is 40.1 Å². The normalized spacial score (nSPS) is 10.9. The van der Waals surface area contributed by atoms with Crippen LogP contribution in [0, 0.1) is 6.92 Å². The highest BCUT2D eigenvalue weighted by Crippen LogP contribution is 2.31. The minimum absolute atomic E-state index is 0.218. The number of benzene rings is 2. The van der Waals surface area contributed by atoms with Crippen molar-refractivity contribution in [2.24, 2.45) is 0 Å². The van der Waals surface area contributed by atoms with Gasteiger partial charge in [-0.25, -0.2) is 4.79 Å². The van der Waals surface area contributed by atoms with Gasteiger partial charge in [-0.15, -0.1) is 0 Å². The van der Waals surface area contributed by atoms with Crippen LogP contribution in [0.4, 0.5) is 0 Å². The van der Waals surface area contributed by atoms with E-state index >= 15 is 0 Å². The second-order valence-corrected chi connectivity index (χ2v) is 6.21. The Labute approximate surface area is 155 Å². The lowest BCUT2D eigenvalue weighted by atomic mass is 10.1. The van der Waals surface area contributed by atoms with Crippen LogP contribution in [-0.2, 0) is 11.3 Å². The number of furan rings is 1. The molecule has 0 aliphatic carbocycles. The maximum absolute atomic E-state index is 12.2. The Morgan fingerprint density at radius 1 is 1.16 bits per heavy atom. The van der Waals surface area contributed by atoms with Gasteiger partial charge in [-0.2, -0.15) is 0 Å². The fourth-order valence-corrected chi connectivity index (χ4v) is 3.08. The van der Waals surface area contributed by atoms with Gasteiger partial charge in [0.25, 0.3) is 0 Å². The Balaban J connectivity index is 1.90. The average Bonchev–Trinajstić information content (AvgIpc) is 2.89. The monoisotopic (exact) mass is 378 g/mol. The molecule has 0 N–H and O–H groups in total. The van der Waals surface area contributed by atoms with Crippen LogP contribution in [0.5, 0.6) is 5.75 Å². The molecule has 0 bridgehead atoms. The van der Waals surface area contributed by atoms with Crippen molar-refractivity contribution in [1.82, 2.24) is 0 Å². The topological polar surface area (TPSA) is 48.7 Å². The van der Waals surface area contributed by atoms with E-state index in [2.05, 4.69) is 0 Å². The van der Waals surface area contributed by atoms with Crippen LogP contribution in [0.3, 0.4) is 0 Å². The molecule has 0 saturated carbocycles. The van der Waals surface area contributed by atoms with Gasteiger partial charge < -0.3 is 13.9 Å². The number of esters is 1. The summed E-state index contributed by atoms with van der Waals surface area (Å²) in [5.74, 6) is 0.680. The van der Waals surface area contributed by atoms with Crippen molar-refractivity contribution in [3.05, 3.63) is 63.3 Å². The Morgan fingerprint density at radius 2 is 1.88 bits per heavy atom. The largest absolute Gasteiger partial charge is 0.489 e. The number of carbonyl (C=O) groups excluding carboxylic acids is 1. The molecule has 0 radical (unpaired) electrons. The van der Waals surface area contributed by atoms with Crippen LogP contribution in [0.2, 0.25) is 10.0 Å². The SMILES string of the molecule is CCOC(=O)c1c(C)oc2ccc(OCc3c(Cl)cccc3Cl)cc12. The summed E-state index contributed by atoms with van der Waals surface area (Å²) in [5, 5.41) is 1.73. The van der Waals surface area contributed by atoms with Crippen molar-refractivity contribution in [3.63, 3.8) is 0 Å². The van der Waals surface area contributed by atoms with Crippen molar-refractivity contribution in [2.75, 3.05) is 6.61 Å². The van der Waals surface area contributed by atoms with Crippen LogP contribution >= 0.6 is 23.2 Å². The summed E-state index contributed by atoms with van der Waals surface area (Å²) in [5.41, 5.74) is 1.72. The van der Waals surface area contributed by atoms with Crippen LogP contribution in [-0.4, -0.2) is 12.6 Å². The van der Waals surface area contributed by atoms with Gasteiger partial charge >= 0.3 is 5.97 Å². The fourth-order valence-electron chi connectivity index (χ4n) is 2.57. The molecule has 1 aromatic heterocycles. The molecule has 0 saturated heterocycles. The molecule has 6 heteroatoms. The summed E-state index contributed by atoms with van der Waals surface area (Å²) < 4.78 is 16.5. The molecule has 3 rings (SSSR count). The number of halogens is 2. The van der Waals surface area contributed by atoms with Crippen LogP contribution < -0.4 is 4.74 Å². The predicted octanol–water partition coefficient (Wildman–Crippen LogP) is 5.80. The zero-order valence-electron chi connectivity index (χ0n) is 13.8. The lowest BCUT2D eigenvalue weighted by Gasteiger charge is -2.09. The lowest BCUT2D eigenvalue weighted by Crippen LogP contribution is -2.05. The molecule has 25 heavy (non-hydrogen) atoms. The number of hydrogen-bond acceptors (Lipinski definition) is 4. The Hall–Kier alpha value is -2.17. The fraction of sp³-hybridized carbons (Fsp3) is 0.211. The average molecular weight is 379 g/mol. The second-order valence-electron chi connectivity index (χ2n) is 5.40. The first kappa shape index (κ1) is 17.6. The highest BCUT2D eigenvalue weighted by atomic mass is 35.5. The van der Waals surface area contributed by atoms with E-state index in [1.807, 2.05) is 0 Å². The number of rotatable bonds is 5. The first-order valence-electron chi connectivity index (χ1n) is 7.77. The van der Waals surface area contributed by atoms with Crippen molar-refractivity contribution in [1.29, 1.82) is 0 Å². The number of hydrogen-bond donors (Lipinski definition) is 0. The van der Waals surface area contributed by atoms with Crippen molar-refractivity contribution < 1.29 is 18.7 Å². The van der Waals surface area contributed by atoms with E-state index in [9.17, 15) is 4.79 Å². The third-order valence-corrected chi connectivity index (χ3v) is 4.47. The molecule has 0 spiro atoms. The van der Waals surface area contributed by atoms with Gasteiger partial charge in [0, 0.05) is 21.0 Å². The molecule has 1 heterocycles. The zero-order chi connectivity index (χ0) is 18.0. The maximum Gasteiger partial charge on any atom is 0.342 e. The molecule has 2 aromatic carbocycles. The minimum Gasteiger partial charge on any atom is -0.489 e. The van der Waals surface area contributed by atoms with Gasteiger partial charge in [0.1, 0.15) is 29.3 Å². The lowest BCUT2D eigenvalue weighted by molar-refractivity contribution is 0.0526. The van der Waals surface area contributed by atoms with Gasteiger partial charge in [-0.3, -0.25) is 0 Å². The van der Waals surface area contributed by atoms with E-state index in [0.29, 0.717) is 50.3 Å². The van der Waals surface area contributed by atoms with E-state index in [0.717, 1.165) is 0 Å². The molecule has 4 nitrogen and oxygen atoms in total. The predicted molar refractivity (Wildman–Crippen MR) is 97.7 cm³/mol. The highest BCUT2D eigenvalue weighted by molar-refractivity contribution is 6.35. The van der Waals surface area contributed by atoms with Crippen LogP contribution in [0.25, 0.3) is 11.0 Å². The van der Waals surface area contributed by atoms with Gasteiger partial charge in [0.05, 0.1) is 6.61 Å². The standard InChI is InChI=1S/C19H16Cl2O4/c1-3-23-19(22)18-11(2)25-17-8-7-12(9-13(17)18)24-10-14-15(20)5-4-6-16(14)21/h4-9H,3,10H2,1-2H3. The summed E-state index contributed by atoms with van der Waals surface area (Å²) in [6.45, 7) is 4.01.